The van der Waals surface area contributed by atoms with Crippen molar-refractivity contribution in [3.8, 4) is 0 Å². The summed E-state index contributed by atoms with van der Waals surface area (Å²) in [7, 11) is -3.79. The molecule has 0 aliphatic rings. The Labute approximate surface area is 158 Å². The van der Waals surface area contributed by atoms with E-state index in [1.165, 1.54) is 31.5 Å². The van der Waals surface area contributed by atoms with Gasteiger partial charge in [-0.15, -0.1) is 0 Å². The fraction of sp³-hybridized carbons (Fsp3) is 0.500. The molecule has 1 heterocycles. The Balaban J connectivity index is 2.41. The van der Waals surface area contributed by atoms with Crippen LogP contribution in [0.4, 0.5) is 4.79 Å². The first-order valence-electron chi connectivity index (χ1n) is 8.13. The molecule has 1 aromatic heterocycles. The summed E-state index contributed by atoms with van der Waals surface area (Å²) in [6.07, 6.45) is 1.11. The standard InChI is InChI=1S/C16H24N4O6S/c1-11(14(22)19-15(23)20-16(2,3)4)26-13(21)7-9-18-27(24,25)12-6-5-8-17-10-12/h5-6,8,10-11,18H,7,9H2,1-4H3,(H2,19,20,22,23)/t11-/m1/s1. The van der Waals surface area contributed by atoms with E-state index in [9.17, 15) is 22.8 Å². The van der Waals surface area contributed by atoms with Gasteiger partial charge in [0, 0.05) is 24.5 Å². The molecule has 0 aliphatic heterocycles. The second kappa shape index (κ2) is 9.42. The van der Waals surface area contributed by atoms with E-state index in [1.54, 1.807) is 20.8 Å². The molecule has 11 heteroatoms. The van der Waals surface area contributed by atoms with Crippen LogP contribution in [-0.2, 0) is 24.3 Å². The fourth-order valence-corrected chi connectivity index (χ4v) is 2.77. The third-order valence-electron chi connectivity index (χ3n) is 2.97. The number of pyridine rings is 1. The molecule has 0 fully saturated rings. The minimum absolute atomic E-state index is 0.0315. The van der Waals surface area contributed by atoms with E-state index in [0.29, 0.717) is 0 Å². The highest BCUT2D eigenvalue weighted by molar-refractivity contribution is 7.89. The van der Waals surface area contributed by atoms with Crippen LogP contribution in [-0.4, -0.2) is 49.5 Å². The lowest BCUT2D eigenvalue weighted by Gasteiger charge is -2.21. The maximum atomic E-state index is 12.0. The van der Waals surface area contributed by atoms with Crippen molar-refractivity contribution >= 4 is 27.9 Å². The Morgan fingerprint density at radius 3 is 2.48 bits per heavy atom. The minimum atomic E-state index is -3.79. The number of hydrogen-bond donors (Lipinski definition) is 3. The molecule has 0 radical (unpaired) electrons. The monoisotopic (exact) mass is 400 g/mol. The molecule has 0 aliphatic carbocycles. The molecule has 27 heavy (non-hydrogen) atoms. The van der Waals surface area contributed by atoms with E-state index >= 15 is 0 Å². The van der Waals surface area contributed by atoms with E-state index in [2.05, 4.69) is 20.3 Å². The lowest BCUT2D eigenvalue weighted by molar-refractivity contribution is -0.154. The van der Waals surface area contributed by atoms with Crippen molar-refractivity contribution in [1.29, 1.82) is 0 Å². The maximum Gasteiger partial charge on any atom is 0.321 e. The van der Waals surface area contributed by atoms with E-state index < -0.39 is 39.6 Å². The smallest absolute Gasteiger partial charge is 0.321 e. The van der Waals surface area contributed by atoms with Crippen LogP contribution in [0, 0.1) is 0 Å². The zero-order valence-electron chi connectivity index (χ0n) is 15.6. The summed E-state index contributed by atoms with van der Waals surface area (Å²) in [5.41, 5.74) is -0.532. The van der Waals surface area contributed by atoms with Gasteiger partial charge in [-0.05, 0) is 39.8 Å². The van der Waals surface area contributed by atoms with Crippen LogP contribution >= 0.6 is 0 Å². The van der Waals surface area contributed by atoms with Gasteiger partial charge in [-0.1, -0.05) is 0 Å². The van der Waals surface area contributed by atoms with Gasteiger partial charge in [0.05, 0.1) is 6.42 Å². The molecule has 1 aromatic rings. The zero-order valence-corrected chi connectivity index (χ0v) is 16.4. The van der Waals surface area contributed by atoms with Crippen molar-refractivity contribution in [1.82, 2.24) is 20.3 Å². The molecule has 3 amide bonds. The summed E-state index contributed by atoms with van der Waals surface area (Å²) in [6.45, 7) is 6.32. The SMILES string of the molecule is C[C@@H](OC(=O)CCNS(=O)(=O)c1cccnc1)C(=O)NC(=O)NC(C)(C)C. The van der Waals surface area contributed by atoms with Crippen LogP contribution < -0.4 is 15.4 Å². The maximum absolute atomic E-state index is 12.0. The number of urea groups is 1. The van der Waals surface area contributed by atoms with Crippen LogP contribution in [0.2, 0.25) is 0 Å². The van der Waals surface area contributed by atoms with Crippen LogP contribution in [0.5, 0.6) is 0 Å². The largest absolute Gasteiger partial charge is 0.452 e. The molecule has 0 spiro atoms. The highest BCUT2D eigenvalue weighted by atomic mass is 32.2. The van der Waals surface area contributed by atoms with Gasteiger partial charge in [0.1, 0.15) is 4.90 Å². The van der Waals surface area contributed by atoms with Gasteiger partial charge in [-0.25, -0.2) is 17.9 Å². The number of sulfonamides is 1. The van der Waals surface area contributed by atoms with Gasteiger partial charge < -0.3 is 10.1 Å². The number of hydrogen-bond acceptors (Lipinski definition) is 7. The summed E-state index contributed by atoms with van der Waals surface area (Å²) < 4.78 is 31.1. The van der Waals surface area contributed by atoms with Gasteiger partial charge in [0.15, 0.2) is 6.10 Å². The molecule has 10 nitrogen and oxygen atoms in total. The van der Waals surface area contributed by atoms with Gasteiger partial charge >= 0.3 is 12.0 Å². The lowest BCUT2D eigenvalue weighted by Crippen LogP contribution is -2.50. The van der Waals surface area contributed by atoms with Gasteiger partial charge in [0.2, 0.25) is 10.0 Å². The van der Waals surface area contributed by atoms with E-state index in [-0.39, 0.29) is 17.9 Å². The van der Waals surface area contributed by atoms with Crippen molar-refractivity contribution in [2.45, 2.75) is 50.7 Å². The number of nitrogens with one attached hydrogen (secondary N) is 3. The molecular formula is C16H24N4O6S. The highest BCUT2D eigenvalue weighted by Gasteiger charge is 2.22. The van der Waals surface area contributed by atoms with Crippen molar-refractivity contribution < 1.29 is 27.5 Å². The number of aromatic nitrogens is 1. The number of carbonyl (C=O) groups excluding carboxylic acids is 3. The first-order chi connectivity index (χ1) is 12.4. The summed E-state index contributed by atoms with van der Waals surface area (Å²) in [5.74, 6) is -1.58. The van der Waals surface area contributed by atoms with Crippen LogP contribution in [0.25, 0.3) is 0 Å². The molecule has 0 bridgehead atoms. The Morgan fingerprint density at radius 2 is 1.93 bits per heavy atom. The lowest BCUT2D eigenvalue weighted by atomic mass is 10.1. The van der Waals surface area contributed by atoms with Crippen LogP contribution in [0.15, 0.2) is 29.4 Å². The second-order valence-electron chi connectivity index (χ2n) is 6.66. The second-order valence-corrected chi connectivity index (χ2v) is 8.43. The van der Waals surface area contributed by atoms with Crippen LogP contribution in [0.1, 0.15) is 34.1 Å². The molecule has 3 N–H and O–H groups in total. The van der Waals surface area contributed by atoms with E-state index in [4.69, 9.17) is 4.74 Å². The van der Waals surface area contributed by atoms with Gasteiger partial charge in [-0.3, -0.25) is 19.9 Å². The fourth-order valence-electron chi connectivity index (χ4n) is 1.77. The Kier molecular flexibility index (Phi) is 7.85. The van der Waals surface area contributed by atoms with E-state index in [1.807, 2.05) is 0 Å². The summed E-state index contributed by atoms with van der Waals surface area (Å²) in [4.78, 5) is 38.9. The summed E-state index contributed by atoms with van der Waals surface area (Å²) >= 11 is 0. The van der Waals surface area contributed by atoms with Crippen molar-refractivity contribution in [2.24, 2.45) is 0 Å². The summed E-state index contributed by atoms with van der Waals surface area (Å²) in [6, 6.07) is 2.13. The van der Waals surface area contributed by atoms with Crippen LogP contribution in [0.3, 0.4) is 0 Å². The first kappa shape index (κ1) is 22.5. The normalized spacial score (nSPS) is 12.7. The van der Waals surface area contributed by atoms with E-state index in [0.717, 1.165) is 0 Å². The quantitative estimate of drug-likeness (QED) is 0.559. The first-order valence-corrected chi connectivity index (χ1v) is 9.61. The number of nitrogens with zero attached hydrogens (tertiary/aromatic N) is 1. The highest BCUT2D eigenvalue weighted by Crippen LogP contribution is 2.05. The van der Waals surface area contributed by atoms with Crippen molar-refractivity contribution in [3.05, 3.63) is 24.5 Å². The molecular weight excluding hydrogens is 376 g/mol. The molecule has 150 valence electrons. The van der Waals surface area contributed by atoms with Crippen molar-refractivity contribution in [2.75, 3.05) is 6.54 Å². The number of ether oxygens (including phenoxy) is 1. The summed E-state index contributed by atoms with van der Waals surface area (Å²) in [5, 5.41) is 4.59. The predicted molar refractivity (Wildman–Crippen MR) is 96.0 cm³/mol. The van der Waals surface area contributed by atoms with Gasteiger partial charge in [-0.2, -0.15) is 0 Å². The number of carbonyl (C=O) groups is 3. The Morgan fingerprint density at radius 1 is 1.26 bits per heavy atom. The predicted octanol–water partition coefficient (Wildman–Crippen LogP) is 0.306. The average molecular weight is 400 g/mol. The van der Waals surface area contributed by atoms with Crippen molar-refractivity contribution in [3.63, 3.8) is 0 Å². The topological polar surface area (TPSA) is 144 Å². The molecule has 1 atom stereocenters. The molecule has 0 aromatic carbocycles. The number of esters is 1. The molecule has 0 unspecified atom stereocenters. The average Bonchev–Trinajstić information content (AvgIpc) is 2.53. The molecule has 0 saturated heterocycles. The number of amides is 3. The molecule has 0 saturated carbocycles. The molecule has 1 rings (SSSR count). The van der Waals surface area contributed by atoms with Gasteiger partial charge in [0.25, 0.3) is 5.91 Å². The Bertz CT molecular complexity index is 774. The number of rotatable bonds is 7. The zero-order chi connectivity index (χ0) is 20.7. The Hall–Kier alpha value is -2.53. The number of imide groups is 1. The third kappa shape index (κ3) is 8.60. The minimum Gasteiger partial charge on any atom is -0.452 e. The third-order valence-corrected chi connectivity index (χ3v) is 4.41.